The van der Waals surface area contributed by atoms with Gasteiger partial charge in [0.1, 0.15) is 17.5 Å². The van der Waals surface area contributed by atoms with E-state index in [2.05, 4.69) is 26.7 Å². The number of rotatable bonds is 5. The van der Waals surface area contributed by atoms with Gasteiger partial charge in [0.05, 0.1) is 11.6 Å². The maximum atomic E-state index is 13.6. The Labute approximate surface area is 184 Å². The number of nitriles is 1. The molecule has 4 rings (SSSR count). The van der Waals surface area contributed by atoms with Gasteiger partial charge in [-0.1, -0.05) is 0 Å². The van der Waals surface area contributed by atoms with E-state index in [1.807, 2.05) is 26.0 Å². The molecule has 2 N–H and O–H groups in total. The molecule has 0 bridgehead atoms. The third kappa shape index (κ3) is 4.71. The maximum Gasteiger partial charge on any atom is 0.229 e. The molecule has 0 spiro atoms. The van der Waals surface area contributed by atoms with Crippen LogP contribution in [0.3, 0.4) is 0 Å². The zero-order valence-corrected chi connectivity index (χ0v) is 17.4. The van der Waals surface area contributed by atoms with Gasteiger partial charge in [0, 0.05) is 23.6 Å². The third-order valence-electron chi connectivity index (χ3n) is 4.91. The minimum Gasteiger partial charge on any atom is -0.340 e. The molecule has 3 aromatic carbocycles. The van der Waals surface area contributed by atoms with Gasteiger partial charge in [-0.05, 0) is 90.7 Å². The van der Waals surface area contributed by atoms with E-state index in [0.29, 0.717) is 22.9 Å². The summed E-state index contributed by atoms with van der Waals surface area (Å²) in [6, 6.07) is 18.1. The zero-order chi connectivity index (χ0) is 22.7. The second-order valence-corrected chi connectivity index (χ2v) is 7.35. The Morgan fingerprint density at radius 1 is 0.812 bits per heavy atom. The lowest BCUT2D eigenvalue weighted by Crippen LogP contribution is -2.02. The molecular weight excluding hydrogens is 408 g/mol. The van der Waals surface area contributed by atoms with Crippen molar-refractivity contribution in [3.63, 3.8) is 0 Å². The number of hydrogen-bond acceptors (Lipinski definition) is 5. The molecule has 0 saturated heterocycles. The first-order valence-electron chi connectivity index (χ1n) is 9.86. The molecule has 158 valence electrons. The lowest BCUT2D eigenvalue weighted by molar-refractivity contribution is 0.584. The number of aryl methyl sites for hydroxylation is 2. The van der Waals surface area contributed by atoms with Crippen LogP contribution in [0.25, 0.3) is 11.1 Å². The Kier molecular flexibility index (Phi) is 5.77. The Morgan fingerprint density at radius 3 is 2.06 bits per heavy atom. The molecule has 0 unspecified atom stereocenters. The Morgan fingerprint density at radius 2 is 1.44 bits per heavy atom. The van der Waals surface area contributed by atoms with Crippen molar-refractivity contribution in [2.75, 3.05) is 10.6 Å². The first-order chi connectivity index (χ1) is 15.4. The second-order valence-electron chi connectivity index (χ2n) is 7.35. The molecule has 0 saturated carbocycles. The van der Waals surface area contributed by atoms with Crippen molar-refractivity contribution in [2.24, 2.45) is 0 Å². The van der Waals surface area contributed by atoms with Crippen molar-refractivity contribution in [1.82, 2.24) is 9.97 Å². The van der Waals surface area contributed by atoms with Crippen LogP contribution in [0, 0.1) is 36.8 Å². The van der Waals surface area contributed by atoms with Gasteiger partial charge in [-0.3, -0.25) is 0 Å². The number of halogens is 2. The molecule has 0 radical (unpaired) electrons. The number of anilines is 4. The number of nitrogens with one attached hydrogen (secondary N) is 2. The van der Waals surface area contributed by atoms with Crippen LogP contribution < -0.4 is 10.6 Å². The molecule has 5 nitrogen and oxygen atoms in total. The van der Waals surface area contributed by atoms with E-state index in [1.54, 1.807) is 36.5 Å². The van der Waals surface area contributed by atoms with Crippen molar-refractivity contribution in [3.8, 4) is 17.2 Å². The minimum atomic E-state index is -0.610. The van der Waals surface area contributed by atoms with E-state index < -0.39 is 11.6 Å². The molecule has 4 aromatic rings. The van der Waals surface area contributed by atoms with Crippen LogP contribution in [0.1, 0.15) is 16.7 Å². The predicted octanol–water partition coefficient (Wildman–Crippen LogP) is 6.40. The first-order valence-corrected chi connectivity index (χ1v) is 9.86. The average Bonchev–Trinajstić information content (AvgIpc) is 2.76. The van der Waals surface area contributed by atoms with Crippen LogP contribution in [0.15, 0.2) is 66.9 Å². The molecule has 1 heterocycles. The second kappa shape index (κ2) is 8.82. The first kappa shape index (κ1) is 20.9. The fourth-order valence-corrected chi connectivity index (χ4v) is 3.42. The van der Waals surface area contributed by atoms with Gasteiger partial charge in [-0.25, -0.2) is 13.8 Å². The lowest BCUT2D eigenvalue weighted by Gasteiger charge is -2.15. The highest BCUT2D eigenvalue weighted by Gasteiger charge is 2.10. The largest absolute Gasteiger partial charge is 0.340 e. The highest BCUT2D eigenvalue weighted by Crippen LogP contribution is 2.31. The third-order valence-corrected chi connectivity index (χ3v) is 4.91. The van der Waals surface area contributed by atoms with Crippen molar-refractivity contribution >= 4 is 23.1 Å². The Bertz CT molecular complexity index is 1280. The normalized spacial score (nSPS) is 10.5. The summed E-state index contributed by atoms with van der Waals surface area (Å²) in [6.07, 6.45) is 1.63. The van der Waals surface area contributed by atoms with Crippen molar-refractivity contribution in [1.29, 1.82) is 5.26 Å². The average molecular weight is 427 g/mol. The summed E-state index contributed by atoms with van der Waals surface area (Å²) >= 11 is 0. The van der Waals surface area contributed by atoms with Gasteiger partial charge in [0.2, 0.25) is 5.95 Å². The van der Waals surface area contributed by atoms with Gasteiger partial charge in [-0.15, -0.1) is 0 Å². The minimum absolute atomic E-state index is 0.405. The Hall–Kier alpha value is -4.31. The topological polar surface area (TPSA) is 73.6 Å². The van der Waals surface area contributed by atoms with E-state index in [0.717, 1.165) is 34.1 Å². The van der Waals surface area contributed by atoms with Crippen LogP contribution in [-0.2, 0) is 0 Å². The van der Waals surface area contributed by atoms with Crippen LogP contribution >= 0.6 is 0 Å². The number of hydrogen-bond donors (Lipinski definition) is 2. The smallest absolute Gasteiger partial charge is 0.229 e. The number of nitrogens with zero attached hydrogens (tertiary/aromatic N) is 3. The van der Waals surface area contributed by atoms with E-state index in [4.69, 9.17) is 5.26 Å². The van der Waals surface area contributed by atoms with Crippen molar-refractivity contribution in [2.45, 2.75) is 13.8 Å². The molecular formula is C25H19F2N5. The summed E-state index contributed by atoms with van der Waals surface area (Å²) in [6.45, 7) is 3.84. The zero-order valence-electron chi connectivity index (χ0n) is 17.4. The molecule has 0 atom stereocenters. The summed E-state index contributed by atoms with van der Waals surface area (Å²) < 4.78 is 27.3. The molecule has 1 aromatic heterocycles. The van der Waals surface area contributed by atoms with Crippen LogP contribution in [-0.4, -0.2) is 9.97 Å². The number of benzene rings is 3. The fourth-order valence-electron chi connectivity index (χ4n) is 3.42. The molecule has 0 aliphatic heterocycles. The highest BCUT2D eigenvalue weighted by molar-refractivity contribution is 5.74. The molecule has 32 heavy (non-hydrogen) atoms. The summed E-state index contributed by atoms with van der Waals surface area (Å²) in [5, 5.41) is 15.3. The van der Waals surface area contributed by atoms with Gasteiger partial charge >= 0.3 is 0 Å². The monoisotopic (exact) mass is 427 g/mol. The van der Waals surface area contributed by atoms with Crippen molar-refractivity contribution in [3.05, 3.63) is 95.2 Å². The maximum absolute atomic E-state index is 13.6. The molecule has 0 aliphatic rings. The summed E-state index contributed by atoms with van der Waals surface area (Å²) in [7, 11) is 0. The fraction of sp³-hybridized carbons (Fsp3) is 0.0800. The van der Waals surface area contributed by atoms with E-state index in [-0.39, 0.29) is 0 Å². The molecule has 7 heteroatoms. The molecule has 0 amide bonds. The Balaban J connectivity index is 1.57. The molecule has 0 fully saturated rings. The predicted molar refractivity (Wildman–Crippen MR) is 121 cm³/mol. The van der Waals surface area contributed by atoms with Crippen LogP contribution in [0.4, 0.5) is 31.9 Å². The van der Waals surface area contributed by atoms with Crippen LogP contribution in [0.2, 0.25) is 0 Å². The van der Waals surface area contributed by atoms with Gasteiger partial charge in [0.25, 0.3) is 0 Å². The van der Waals surface area contributed by atoms with Gasteiger partial charge < -0.3 is 10.6 Å². The highest BCUT2D eigenvalue weighted by atomic mass is 19.1. The number of aromatic nitrogens is 2. The lowest BCUT2D eigenvalue weighted by atomic mass is 9.98. The summed E-state index contributed by atoms with van der Waals surface area (Å²) in [4.78, 5) is 8.73. The van der Waals surface area contributed by atoms with Gasteiger partial charge in [-0.2, -0.15) is 10.2 Å². The standard InChI is InChI=1S/C25H19F2N5/c1-15-9-18(19-11-20(26)13-21(27)12-19)10-16(2)24(15)31-23-7-8-29-25(32-23)30-22-5-3-17(14-28)4-6-22/h3-13H,1-2H3,(H2,29,30,31,32). The van der Waals surface area contributed by atoms with Gasteiger partial charge in [0.15, 0.2) is 0 Å². The van der Waals surface area contributed by atoms with Crippen LogP contribution in [0.5, 0.6) is 0 Å². The quantitative estimate of drug-likeness (QED) is 0.386. The van der Waals surface area contributed by atoms with E-state index >= 15 is 0 Å². The van der Waals surface area contributed by atoms with E-state index in [9.17, 15) is 8.78 Å². The molecule has 0 aliphatic carbocycles. The summed E-state index contributed by atoms with van der Waals surface area (Å²) in [5.74, 6) is -0.227. The van der Waals surface area contributed by atoms with Crippen molar-refractivity contribution < 1.29 is 8.78 Å². The van der Waals surface area contributed by atoms with E-state index in [1.165, 1.54) is 12.1 Å². The summed E-state index contributed by atoms with van der Waals surface area (Å²) in [5.41, 5.74) is 5.22. The SMILES string of the molecule is Cc1cc(-c2cc(F)cc(F)c2)cc(C)c1Nc1ccnc(Nc2ccc(C#N)cc2)n1.